The fourth-order valence-corrected chi connectivity index (χ4v) is 6.42. The molecule has 0 fully saturated rings. The minimum absolute atomic E-state index is 0.383. The van der Waals surface area contributed by atoms with Gasteiger partial charge in [0, 0.05) is 5.69 Å². The summed E-state index contributed by atoms with van der Waals surface area (Å²) in [6.07, 6.45) is 0. The van der Waals surface area contributed by atoms with Crippen molar-refractivity contribution < 1.29 is 0 Å². The molecule has 1 aromatic rings. The van der Waals surface area contributed by atoms with Gasteiger partial charge in [-0.2, -0.15) is 0 Å². The Labute approximate surface area is 105 Å². The van der Waals surface area contributed by atoms with E-state index in [2.05, 4.69) is 76.2 Å². The van der Waals surface area contributed by atoms with Gasteiger partial charge in [-0.1, -0.05) is 68.3 Å². The zero-order valence-electron chi connectivity index (χ0n) is 11.5. The molecule has 0 spiro atoms. The smallest absolute Gasteiger partial charge is 0.423 e. The predicted octanol–water partition coefficient (Wildman–Crippen LogP) is 4.69. The number of nitrogens with one attached hydrogen (secondary N) is 1. The Morgan fingerprint density at radius 1 is 0.812 bits per heavy atom. The maximum absolute atomic E-state index is 3.80. The normalized spacial score (nSPS) is 12.4. The van der Waals surface area contributed by atoms with E-state index < -0.39 is 14.4 Å². The monoisotopic (exact) mass is 233 g/mol. The summed E-state index contributed by atoms with van der Waals surface area (Å²) in [4.78, 5) is 0. The molecule has 1 N–H and O–H groups in total. The third kappa shape index (κ3) is 3.85. The Morgan fingerprint density at radius 3 is 1.62 bits per heavy atom. The molecule has 1 rings (SSSR count). The highest BCUT2D eigenvalue weighted by Gasteiger charge is 2.43. The molecule has 0 aliphatic rings. The van der Waals surface area contributed by atoms with Gasteiger partial charge in [0.2, 0.25) is 0 Å². The number of anilines is 1. The van der Waals surface area contributed by atoms with Crippen molar-refractivity contribution in [2.45, 2.75) is 50.1 Å². The maximum Gasteiger partial charge on any atom is 0.423 e. The van der Waals surface area contributed by atoms with Gasteiger partial charge in [0.15, 0.2) is 0 Å². The minimum Gasteiger partial charge on any atom is -0.476 e. The van der Waals surface area contributed by atoms with Crippen LogP contribution in [-0.2, 0) is 0 Å². The zero-order chi connectivity index (χ0) is 12.4. The number of benzene rings is 1. The maximum atomic E-state index is 3.80. The largest absolute Gasteiger partial charge is 0.476 e. The van der Waals surface area contributed by atoms with Crippen LogP contribution in [0.25, 0.3) is 0 Å². The van der Waals surface area contributed by atoms with Gasteiger partial charge < -0.3 is 4.30 Å². The number of rotatable bonds is 2. The molecule has 0 bridgehead atoms. The highest BCUT2D eigenvalue weighted by molar-refractivity contribution is 6.68. The number of hydrogen-bond donors (Lipinski definition) is 1. The molecule has 1 nitrogen and oxygen atoms in total. The molecule has 0 amide bonds. The van der Waals surface area contributed by atoms with Crippen molar-refractivity contribution in [1.29, 1.82) is 0 Å². The molecule has 2 heteroatoms. The summed E-state index contributed by atoms with van der Waals surface area (Å²) in [5, 5.41) is 0. The summed E-state index contributed by atoms with van der Waals surface area (Å²) in [6.45, 7) is 14.1. The van der Waals surface area contributed by atoms with Crippen LogP contribution < -0.4 is 4.30 Å². The lowest BCUT2D eigenvalue weighted by Gasteiger charge is -2.36. The van der Waals surface area contributed by atoms with Crippen LogP contribution in [0.15, 0.2) is 30.3 Å². The van der Waals surface area contributed by atoms with Gasteiger partial charge in [0.25, 0.3) is 0 Å². The molecule has 0 radical (unpaired) electrons. The molecule has 88 valence electrons. The van der Waals surface area contributed by atoms with E-state index in [-0.39, 0.29) is 0 Å². The molecule has 1 aromatic carbocycles. The Hall–Kier alpha value is -0.448. The second kappa shape index (κ2) is 4.82. The van der Waals surface area contributed by atoms with Crippen LogP contribution >= 0.6 is 0 Å². The van der Waals surface area contributed by atoms with Crippen molar-refractivity contribution >= 4 is 20.1 Å². The van der Waals surface area contributed by atoms with Gasteiger partial charge in [0.05, 0.1) is 0 Å². The third-order valence-electron chi connectivity index (χ3n) is 2.82. The van der Waals surface area contributed by atoms with Crippen molar-refractivity contribution in [2.75, 3.05) is 4.30 Å². The predicted molar refractivity (Wildman–Crippen MR) is 75.2 cm³/mol. The Balaban J connectivity index is 2.89. The molecule has 0 unspecified atom stereocenters. The lowest BCUT2D eigenvalue weighted by atomic mass is 10.2. The first-order chi connectivity index (χ1) is 7.21. The minimum atomic E-state index is -1.09. The van der Waals surface area contributed by atoms with Crippen LogP contribution in [0.2, 0.25) is 8.55 Å². The molecule has 0 saturated carbocycles. The first kappa shape index (κ1) is 13.6. The fourth-order valence-electron chi connectivity index (χ4n) is 2.43. The van der Waals surface area contributed by atoms with Gasteiger partial charge in [-0.15, -0.1) is 0 Å². The lowest BCUT2D eigenvalue weighted by Crippen LogP contribution is -2.42. The number of para-hydroxylation sites is 1. The topological polar surface area (TPSA) is 12.0 Å². The quantitative estimate of drug-likeness (QED) is 0.731. The lowest BCUT2D eigenvalue weighted by molar-refractivity contribution is 0.646. The summed E-state index contributed by atoms with van der Waals surface area (Å²) < 4.78 is 4.56. The van der Waals surface area contributed by atoms with E-state index >= 15 is 0 Å². The van der Waals surface area contributed by atoms with Crippen molar-refractivity contribution in [3.05, 3.63) is 30.3 Å². The summed E-state index contributed by atoms with van der Waals surface area (Å²) in [7, 11) is 0. The third-order valence-corrected chi connectivity index (χ3v) is 6.90. The second-order valence-electron chi connectivity index (χ2n) is 6.68. The van der Waals surface area contributed by atoms with Gasteiger partial charge in [-0.3, -0.25) is 0 Å². The van der Waals surface area contributed by atoms with E-state index in [0.29, 0.717) is 8.55 Å². The second-order valence-corrected chi connectivity index (χ2v) is 11.3. The van der Waals surface area contributed by atoms with E-state index in [1.165, 1.54) is 5.69 Å². The molecule has 0 heterocycles. The Kier molecular flexibility index (Phi) is 4.10. The number of hydrogen-bond acceptors (Lipinski definition) is 1. The molecule has 0 atom stereocenters. The van der Waals surface area contributed by atoms with E-state index in [9.17, 15) is 0 Å². The highest BCUT2D eigenvalue weighted by Crippen LogP contribution is 2.41. The Bertz CT molecular complexity index is 305. The fraction of sp³-hybridized carbons (Fsp3) is 0.571. The molecular weight excluding hydrogens is 209 g/mol. The molecule has 0 aliphatic heterocycles. The van der Waals surface area contributed by atoms with Crippen LogP contribution in [-0.4, -0.2) is 14.4 Å². The summed E-state index contributed by atoms with van der Waals surface area (Å²) in [5.41, 5.74) is 1.27. The van der Waals surface area contributed by atoms with E-state index in [4.69, 9.17) is 0 Å². The van der Waals surface area contributed by atoms with E-state index in [1.807, 2.05) is 0 Å². The van der Waals surface area contributed by atoms with Crippen molar-refractivity contribution in [2.24, 2.45) is 0 Å². The standard InChI is InChI=1S/C6H6N.2C4H9.Al/c7-6-4-2-1-3-5-6;2*1-4(2)3;/h1-5,7H;2*1-3H3;/q-1;;;+1. The first-order valence-corrected chi connectivity index (χ1v) is 7.76. The van der Waals surface area contributed by atoms with Crippen molar-refractivity contribution in [3.8, 4) is 0 Å². The molecular formula is C14H24AlN. The van der Waals surface area contributed by atoms with Crippen LogP contribution in [0, 0.1) is 0 Å². The average molecular weight is 233 g/mol. The Morgan fingerprint density at radius 2 is 1.25 bits per heavy atom. The van der Waals surface area contributed by atoms with Gasteiger partial charge >= 0.3 is 14.4 Å². The summed E-state index contributed by atoms with van der Waals surface area (Å²) in [5.74, 6) is 0. The van der Waals surface area contributed by atoms with Crippen LogP contribution in [0.5, 0.6) is 0 Å². The summed E-state index contributed by atoms with van der Waals surface area (Å²) >= 11 is -1.09. The van der Waals surface area contributed by atoms with E-state index in [0.717, 1.165) is 0 Å². The van der Waals surface area contributed by atoms with Gasteiger partial charge in [-0.25, -0.2) is 0 Å². The zero-order valence-corrected chi connectivity index (χ0v) is 12.6. The molecule has 0 saturated heterocycles. The van der Waals surface area contributed by atoms with Crippen LogP contribution in [0.1, 0.15) is 41.5 Å². The molecule has 16 heavy (non-hydrogen) atoms. The molecule has 0 aliphatic carbocycles. The first-order valence-electron chi connectivity index (χ1n) is 6.03. The SMILES string of the molecule is C[C](C)(C)[Al]([NH]c1ccccc1)[C](C)(C)C. The average Bonchev–Trinajstić information content (AvgIpc) is 2.12. The molecule has 0 aromatic heterocycles. The van der Waals surface area contributed by atoms with Gasteiger partial charge in [0.1, 0.15) is 0 Å². The van der Waals surface area contributed by atoms with Crippen molar-refractivity contribution in [3.63, 3.8) is 0 Å². The van der Waals surface area contributed by atoms with Crippen molar-refractivity contribution in [1.82, 2.24) is 0 Å². The van der Waals surface area contributed by atoms with Crippen LogP contribution in [0.3, 0.4) is 0 Å². The van der Waals surface area contributed by atoms with Crippen LogP contribution in [0.4, 0.5) is 5.69 Å². The van der Waals surface area contributed by atoms with Gasteiger partial charge in [-0.05, 0) is 12.1 Å². The summed E-state index contributed by atoms with van der Waals surface area (Å²) in [6, 6.07) is 10.6. The highest BCUT2D eigenvalue weighted by atomic mass is 27.2. The van der Waals surface area contributed by atoms with E-state index in [1.54, 1.807) is 0 Å².